The number of oxime groups is 1. The van der Waals surface area contributed by atoms with Gasteiger partial charge in [-0.1, -0.05) is 17.3 Å². The Labute approximate surface area is 128 Å². The van der Waals surface area contributed by atoms with Crippen LogP contribution in [0.5, 0.6) is 0 Å². The summed E-state index contributed by atoms with van der Waals surface area (Å²) in [7, 11) is 1.58. The molecule has 0 spiro atoms. The molecule has 0 saturated heterocycles. The number of aryl methyl sites for hydroxylation is 1. The van der Waals surface area contributed by atoms with Gasteiger partial charge in [-0.2, -0.15) is 9.36 Å². The first-order chi connectivity index (χ1) is 10.6. The molecule has 0 N–H and O–H groups in total. The van der Waals surface area contributed by atoms with Crippen LogP contribution in [0, 0.1) is 0 Å². The zero-order valence-corrected chi connectivity index (χ0v) is 13.0. The third-order valence-electron chi connectivity index (χ3n) is 3.61. The van der Waals surface area contributed by atoms with Gasteiger partial charge in [0.1, 0.15) is 6.61 Å². The topological polar surface area (TPSA) is 74.3 Å². The molecule has 2 aromatic rings. The molecular formula is C15H19N5O2. The predicted octanol–water partition coefficient (Wildman–Crippen LogP) is 1.76. The molecule has 1 aliphatic carbocycles. The van der Waals surface area contributed by atoms with Crippen LogP contribution in [0.15, 0.2) is 28.1 Å². The van der Waals surface area contributed by atoms with E-state index >= 15 is 0 Å². The van der Waals surface area contributed by atoms with E-state index < -0.39 is 0 Å². The van der Waals surface area contributed by atoms with Crippen molar-refractivity contribution in [1.29, 1.82) is 0 Å². The van der Waals surface area contributed by atoms with Gasteiger partial charge in [-0.3, -0.25) is 0 Å². The number of tetrazole rings is 1. The van der Waals surface area contributed by atoms with Crippen LogP contribution in [0.3, 0.4) is 0 Å². The first-order valence-corrected chi connectivity index (χ1v) is 7.32. The molecule has 1 aromatic carbocycles. The van der Waals surface area contributed by atoms with Crippen LogP contribution in [-0.4, -0.2) is 25.5 Å². The number of rotatable bonds is 5. The number of aromatic nitrogens is 4. The van der Waals surface area contributed by atoms with Crippen molar-refractivity contribution < 1.29 is 4.84 Å². The summed E-state index contributed by atoms with van der Waals surface area (Å²) in [6.45, 7) is 4.07. The fraction of sp³-hybridized carbons (Fsp3) is 0.467. The Morgan fingerprint density at radius 3 is 2.73 bits per heavy atom. The van der Waals surface area contributed by atoms with Crippen LogP contribution in [0.4, 0.5) is 0 Å². The smallest absolute Gasteiger partial charge is 0.368 e. The van der Waals surface area contributed by atoms with Gasteiger partial charge in [-0.15, -0.1) is 0 Å². The van der Waals surface area contributed by atoms with Gasteiger partial charge in [0, 0.05) is 12.6 Å². The summed E-state index contributed by atoms with van der Waals surface area (Å²) < 4.78 is 2.52. The van der Waals surface area contributed by atoms with Crippen LogP contribution in [0.25, 0.3) is 5.69 Å². The number of nitrogens with zero attached hydrogens (tertiary/aromatic N) is 5. The van der Waals surface area contributed by atoms with Crippen LogP contribution in [0.1, 0.15) is 43.7 Å². The minimum Gasteiger partial charge on any atom is -0.391 e. The maximum absolute atomic E-state index is 12.1. The molecule has 1 aromatic heterocycles. The largest absolute Gasteiger partial charge is 0.391 e. The summed E-state index contributed by atoms with van der Waals surface area (Å²) in [5.41, 5.74) is 3.45. The second-order valence-corrected chi connectivity index (χ2v) is 5.73. The number of hydrogen-bond acceptors (Lipinski definition) is 5. The average Bonchev–Trinajstić information content (AvgIpc) is 3.27. The Bertz CT molecular complexity index is 766. The highest BCUT2D eigenvalue weighted by atomic mass is 16.6. The first-order valence-electron chi connectivity index (χ1n) is 7.32. The number of benzene rings is 1. The summed E-state index contributed by atoms with van der Waals surface area (Å²) in [5.74, 6) is 0.539. The quantitative estimate of drug-likeness (QED) is 0.623. The van der Waals surface area contributed by atoms with Crippen LogP contribution < -0.4 is 5.69 Å². The lowest BCUT2D eigenvalue weighted by Gasteiger charge is -2.12. The molecule has 7 nitrogen and oxygen atoms in total. The van der Waals surface area contributed by atoms with Gasteiger partial charge in [-0.05, 0) is 54.7 Å². The molecule has 0 amide bonds. The molecule has 22 heavy (non-hydrogen) atoms. The van der Waals surface area contributed by atoms with E-state index in [4.69, 9.17) is 4.84 Å². The molecule has 0 atom stereocenters. The van der Waals surface area contributed by atoms with Crippen LogP contribution >= 0.6 is 0 Å². The van der Waals surface area contributed by atoms with Gasteiger partial charge >= 0.3 is 5.69 Å². The molecule has 1 fully saturated rings. The third-order valence-corrected chi connectivity index (χ3v) is 3.61. The fourth-order valence-electron chi connectivity index (χ4n) is 2.42. The molecule has 1 saturated carbocycles. The Morgan fingerprint density at radius 2 is 2.14 bits per heavy atom. The van der Waals surface area contributed by atoms with E-state index in [-0.39, 0.29) is 5.69 Å². The molecule has 1 heterocycles. The molecular weight excluding hydrogens is 282 g/mol. The highest BCUT2D eigenvalue weighted by Gasteiger charge is 2.28. The Kier molecular flexibility index (Phi) is 3.79. The maximum Gasteiger partial charge on any atom is 0.368 e. The van der Waals surface area contributed by atoms with Gasteiger partial charge < -0.3 is 4.84 Å². The van der Waals surface area contributed by atoms with E-state index in [9.17, 15) is 4.79 Å². The van der Waals surface area contributed by atoms with Crippen molar-refractivity contribution in [3.63, 3.8) is 0 Å². The van der Waals surface area contributed by atoms with E-state index in [1.165, 1.54) is 27.8 Å². The van der Waals surface area contributed by atoms with Gasteiger partial charge in [0.05, 0.1) is 11.4 Å². The summed E-state index contributed by atoms with van der Waals surface area (Å²) in [6.07, 6.45) is 2.34. The van der Waals surface area contributed by atoms with Crippen LogP contribution in [-0.2, 0) is 18.5 Å². The molecule has 7 heteroatoms. The SMILES string of the molecule is CC(C)=NOCc1c(C2CC2)cccc1-n1nnn(C)c1=O. The van der Waals surface area contributed by atoms with Gasteiger partial charge in [-0.25, -0.2) is 4.79 Å². The van der Waals surface area contributed by atoms with Crippen LogP contribution in [0.2, 0.25) is 0 Å². The lowest BCUT2D eigenvalue weighted by atomic mass is 10.0. The van der Waals surface area contributed by atoms with Crippen molar-refractivity contribution in [2.45, 2.75) is 39.2 Å². The minimum atomic E-state index is -0.274. The van der Waals surface area contributed by atoms with E-state index in [1.54, 1.807) is 7.05 Å². The zero-order chi connectivity index (χ0) is 15.7. The van der Waals surface area contributed by atoms with Crippen molar-refractivity contribution in [1.82, 2.24) is 19.8 Å². The van der Waals surface area contributed by atoms with Gasteiger partial charge in [0.2, 0.25) is 0 Å². The second kappa shape index (κ2) is 5.75. The summed E-state index contributed by atoms with van der Waals surface area (Å²) in [4.78, 5) is 17.6. The lowest BCUT2D eigenvalue weighted by Crippen LogP contribution is -2.23. The molecule has 0 unspecified atom stereocenters. The van der Waals surface area contributed by atoms with Crippen molar-refractivity contribution >= 4 is 5.71 Å². The van der Waals surface area contributed by atoms with E-state index in [0.29, 0.717) is 18.2 Å². The Hall–Kier alpha value is -2.44. The lowest BCUT2D eigenvalue weighted by molar-refractivity contribution is 0.129. The first kappa shape index (κ1) is 14.5. The molecule has 3 rings (SSSR count). The van der Waals surface area contributed by atoms with Crippen molar-refractivity contribution in [3.8, 4) is 5.69 Å². The Morgan fingerprint density at radius 1 is 1.36 bits per heavy atom. The van der Waals surface area contributed by atoms with E-state index in [1.807, 2.05) is 26.0 Å². The van der Waals surface area contributed by atoms with Crippen molar-refractivity contribution in [2.24, 2.45) is 12.2 Å². The normalized spacial score (nSPS) is 14.0. The average molecular weight is 301 g/mol. The summed E-state index contributed by atoms with van der Waals surface area (Å²) in [6, 6.07) is 5.90. The van der Waals surface area contributed by atoms with Crippen molar-refractivity contribution in [3.05, 3.63) is 39.8 Å². The fourth-order valence-corrected chi connectivity index (χ4v) is 2.42. The monoisotopic (exact) mass is 301 g/mol. The highest BCUT2D eigenvalue weighted by Crippen LogP contribution is 2.42. The summed E-state index contributed by atoms with van der Waals surface area (Å²) >= 11 is 0. The molecule has 0 bridgehead atoms. The zero-order valence-electron chi connectivity index (χ0n) is 13.0. The van der Waals surface area contributed by atoms with Gasteiger partial charge in [0.15, 0.2) is 0 Å². The molecule has 1 aliphatic rings. The molecule has 116 valence electrons. The van der Waals surface area contributed by atoms with E-state index in [0.717, 1.165) is 11.3 Å². The second-order valence-electron chi connectivity index (χ2n) is 5.73. The van der Waals surface area contributed by atoms with E-state index in [2.05, 4.69) is 21.6 Å². The number of hydrogen-bond donors (Lipinski definition) is 0. The maximum atomic E-state index is 12.1. The highest BCUT2D eigenvalue weighted by molar-refractivity contribution is 5.78. The molecule has 0 aliphatic heterocycles. The van der Waals surface area contributed by atoms with Gasteiger partial charge in [0.25, 0.3) is 0 Å². The summed E-state index contributed by atoms with van der Waals surface area (Å²) in [5, 5.41) is 11.7. The minimum absolute atomic E-state index is 0.274. The third kappa shape index (κ3) is 2.79. The predicted molar refractivity (Wildman–Crippen MR) is 82.1 cm³/mol. The standard InChI is InChI=1S/C15H19N5O2/c1-10(2)16-22-9-13-12(11-7-8-11)5-4-6-14(13)20-15(21)19(3)17-18-20/h4-6,11H,7-9H2,1-3H3. The van der Waals surface area contributed by atoms with Crippen molar-refractivity contribution in [2.75, 3.05) is 0 Å². The Balaban J connectivity index is 2.05. The molecule has 0 radical (unpaired) electrons.